The average Bonchev–Trinajstić information content (AvgIpc) is 2.90. The van der Waals surface area contributed by atoms with Gasteiger partial charge in [-0.05, 0) is 44.9 Å². The highest BCUT2D eigenvalue weighted by Gasteiger charge is 2.48. The first-order chi connectivity index (χ1) is 11.8. The van der Waals surface area contributed by atoms with Gasteiger partial charge in [-0.3, -0.25) is 4.79 Å². The van der Waals surface area contributed by atoms with Gasteiger partial charge in [0.1, 0.15) is 0 Å². The van der Waals surface area contributed by atoms with Gasteiger partial charge >= 0.3 is 12.1 Å². The highest BCUT2D eigenvalue weighted by molar-refractivity contribution is 9.10. The topological polar surface area (TPSA) is 80.7 Å². The molecule has 0 saturated heterocycles. The van der Waals surface area contributed by atoms with Crippen molar-refractivity contribution in [2.45, 2.75) is 55.2 Å². The molecule has 1 N–H and O–H groups in total. The molecule has 10 heteroatoms. The highest BCUT2D eigenvalue weighted by atomic mass is 79.9. The summed E-state index contributed by atoms with van der Waals surface area (Å²) in [5.41, 5.74) is -1.27. The fourth-order valence-electron chi connectivity index (χ4n) is 3.12. The maximum absolute atomic E-state index is 13.3. The van der Waals surface area contributed by atoms with Crippen LogP contribution >= 0.6 is 15.9 Å². The van der Waals surface area contributed by atoms with Gasteiger partial charge in [-0.15, -0.1) is 0 Å². The number of carboxylic acid groups (broad SMARTS) is 1. The molecule has 0 bridgehead atoms. The average molecular weight is 459 g/mol. The van der Waals surface area contributed by atoms with Gasteiger partial charge in [0.15, 0.2) is 9.84 Å². The molecule has 26 heavy (non-hydrogen) atoms. The van der Waals surface area contributed by atoms with E-state index in [2.05, 4.69) is 15.9 Å². The van der Waals surface area contributed by atoms with E-state index in [-0.39, 0.29) is 23.4 Å². The summed E-state index contributed by atoms with van der Waals surface area (Å²) in [5, 5.41) is 8.05. The molecule has 1 aromatic rings. The lowest BCUT2D eigenvalue weighted by atomic mass is 10.1. The first kappa shape index (κ1) is 21.2. The largest absolute Gasteiger partial charge is 0.481 e. The molecular formula is C16H18BrF3O5S. The zero-order chi connectivity index (χ0) is 19.9. The number of carboxylic acids is 1. The Morgan fingerprint density at radius 2 is 1.92 bits per heavy atom. The molecular weight excluding hydrogens is 441 g/mol. The Morgan fingerprint density at radius 1 is 1.31 bits per heavy atom. The number of ether oxygens (including phenoxy) is 1. The number of sulfone groups is 1. The lowest BCUT2D eigenvalue weighted by Gasteiger charge is -2.19. The second-order valence-electron chi connectivity index (χ2n) is 6.44. The summed E-state index contributed by atoms with van der Waals surface area (Å²) in [6, 6.07) is 2.82. The third-order valence-corrected chi connectivity index (χ3v) is 6.94. The predicted octanol–water partition coefficient (Wildman–Crippen LogP) is 3.90. The van der Waals surface area contributed by atoms with Crippen molar-refractivity contribution in [1.82, 2.24) is 0 Å². The van der Waals surface area contributed by atoms with Crippen LogP contribution in [0.15, 0.2) is 27.6 Å². The van der Waals surface area contributed by atoms with Crippen LogP contribution in [0.5, 0.6) is 0 Å². The van der Waals surface area contributed by atoms with Crippen molar-refractivity contribution in [2.24, 2.45) is 5.92 Å². The molecule has 0 spiro atoms. The fourth-order valence-corrected chi connectivity index (χ4v) is 5.48. The van der Waals surface area contributed by atoms with E-state index in [4.69, 9.17) is 4.74 Å². The number of aliphatic carboxylic acids is 1. The van der Waals surface area contributed by atoms with Gasteiger partial charge in [-0.2, -0.15) is 13.2 Å². The van der Waals surface area contributed by atoms with Crippen LogP contribution < -0.4 is 0 Å². The first-order valence-corrected chi connectivity index (χ1v) is 10.2. The Hall–Kier alpha value is -1.13. The van der Waals surface area contributed by atoms with Crippen LogP contribution in [0.2, 0.25) is 0 Å². The van der Waals surface area contributed by atoms with Crippen molar-refractivity contribution >= 4 is 31.7 Å². The van der Waals surface area contributed by atoms with Gasteiger partial charge in [0.2, 0.25) is 0 Å². The number of carbonyl (C=O) groups is 1. The summed E-state index contributed by atoms with van der Waals surface area (Å²) >= 11 is 2.91. The van der Waals surface area contributed by atoms with Crippen LogP contribution in [0.4, 0.5) is 13.2 Å². The molecule has 5 nitrogen and oxygen atoms in total. The molecule has 146 valence electrons. The molecule has 0 radical (unpaired) electrons. The van der Waals surface area contributed by atoms with Gasteiger partial charge in [-0.25, -0.2) is 8.42 Å². The lowest BCUT2D eigenvalue weighted by Crippen LogP contribution is -2.27. The van der Waals surface area contributed by atoms with Crippen molar-refractivity contribution in [1.29, 1.82) is 0 Å². The van der Waals surface area contributed by atoms with Gasteiger partial charge in [-0.1, -0.05) is 15.9 Å². The van der Waals surface area contributed by atoms with E-state index in [0.29, 0.717) is 6.07 Å². The van der Waals surface area contributed by atoms with E-state index in [0.717, 1.165) is 6.07 Å². The molecule has 1 fully saturated rings. The quantitative estimate of drug-likeness (QED) is 0.723. The fraction of sp³-hybridized carbons (Fsp3) is 0.562. The SMILES string of the molecule is CC(C)OC1CC(S(=O)(=O)c2ccc(Br)cc2C(F)(F)F)CC1C(=O)O. The molecule has 2 rings (SSSR count). The van der Waals surface area contributed by atoms with E-state index in [1.54, 1.807) is 13.8 Å². The molecule has 0 aromatic heterocycles. The lowest BCUT2D eigenvalue weighted by molar-refractivity contribution is -0.147. The smallest absolute Gasteiger partial charge is 0.417 e. The van der Waals surface area contributed by atoms with Gasteiger partial charge in [0.05, 0.1) is 33.8 Å². The zero-order valence-electron chi connectivity index (χ0n) is 14.0. The molecule has 3 atom stereocenters. The number of rotatable bonds is 5. The second-order valence-corrected chi connectivity index (χ2v) is 9.56. The van der Waals surface area contributed by atoms with Crippen molar-refractivity contribution in [3.63, 3.8) is 0 Å². The minimum atomic E-state index is -4.86. The Labute approximate surface area is 157 Å². The van der Waals surface area contributed by atoms with Crippen molar-refractivity contribution in [2.75, 3.05) is 0 Å². The number of halogens is 4. The summed E-state index contributed by atoms with van der Waals surface area (Å²) in [4.78, 5) is 10.6. The Bertz CT molecular complexity index is 792. The Balaban J connectivity index is 2.44. The molecule has 1 aliphatic carbocycles. The normalized spacial score (nSPS) is 24.2. The van der Waals surface area contributed by atoms with E-state index in [9.17, 15) is 31.5 Å². The molecule has 0 heterocycles. The third kappa shape index (κ3) is 4.40. The van der Waals surface area contributed by atoms with E-state index in [1.165, 1.54) is 6.07 Å². The van der Waals surface area contributed by atoms with Crippen LogP contribution in [0, 0.1) is 5.92 Å². The zero-order valence-corrected chi connectivity index (χ0v) is 16.4. The van der Waals surface area contributed by atoms with Crippen LogP contribution in [-0.4, -0.2) is 37.0 Å². The summed E-state index contributed by atoms with van der Waals surface area (Å²) in [7, 11) is -4.39. The molecule has 1 saturated carbocycles. The van der Waals surface area contributed by atoms with Crippen molar-refractivity contribution < 1.29 is 36.2 Å². The molecule has 3 unspecified atom stereocenters. The number of benzene rings is 1. The van der Waals surface area contributed by atoms with E-state index >= 15 is 0 Å². The van der Waals surface area contributed by atoms with Crippen LogP contribution in [-0.2, 0) is 25.5 Å². The summed E-state index contributed by atoms with van der Waals surface area (Å²) in [6.45, 7) is 3.36. The molecule has 0 aliphatic heterocycles. The van der Waals surface area contributed by atoms with Crippen molar-refractivity contribution in [3.8, 4) is 0 Å². The summed E-state index contributed by atoms with van der Waals surface area (Å²) in [6.07, 6.45) is -6.50. The Kier molecular flexibility index (Phi) is 6.09. The standard InChI is InChI=1S/C16H18BrF3O5S/c1-8(2)25-13-7-10(6-11(13)15(21)22)26(23,24)14-4-3-9(17)5-12(14)16(18,19)20/h3-5,8,10-11,13H,6-7H2,1-2H3,(H,21,22). The van der Waals surface area contributed by atoms with Gasteiger partial charge in [0, 0.05) is 4.47 Å². The Morgan fingerprint density at radius 3 is 2.42 bits per heavy atom. The maximum atomic E-state index is 13.3. The van der Waals surface area contributed by atoms with Gasteiger partial charge in [0.25, 0.3) is 0 Å². The maximum Gasteiger partial charge on any atom is 0.417 e. The van der Waals surface area contributed by atoms with Gasteiger partial charge < -0.3 is 9.84 Å². The van der Waals surface area contributed by atoms with Crippen LogP contribution in [0.3, 0.4) is 0 Å². The summed E-state index contributed by atoms with van der Waals surface area (Å²) < 4.78 is 71.2. The molecule has 1 aliphatic rings. The highest BCUT2D eigenvalue weighted by Crippen LogP contribution is 2.41. The number of alkyl halides is 3. The van der Waals surface area contributed by atoms with E-state index < -0.39 is 49.7 Å². The van der Waals surface area contributed by atoms with Crippen LogP contribution in [0.25, 0.3) is 0 Å². The number of hydrogen-bond donors (Lipinski definition) is 1. The first-order valence-electron chi connectivity index (χ1n) is 7.83. The van der Waals surface area contributed by atoms with E-state index in [1.807, 2.05) is 0 Å². The minimum Gasteiger partial charge on any atom is -0.481 e. The summed E-state index contributed by atoms with van der Waals surface area (Å²) in [5.74, 6) is -2.30. The predicted molar refractivity (Wildman–Crippen MR) is 90.5 cm³/mol. The second kappa shape index (κ2) is 7.47. The third-order valence-electron chi connectivity index (χ3n) is 4.22. The van der Waals surface area contributed by atoms with Crippen LogP contribution in [0.1, 0.15) is 32.3 Å². The minimum absolute atomic E-state index is 0.0969. The molecule has 0 amide bonds. The van der Waals surface area contributed by atoms with Crippen molar-refractivity contribution in [3.05, 3.63) is 28.2 Å². The monoisotopic (exact) mass is 458 g/mol. The number of hydrogen-bond acceptors (Lipinski definition) is 4. The molecule has 1 aromatic carbocycles.